The van der Waals surface area contributed by atoms with E-state index in [0.717, 1.165) is 0 Å². The minimum atomic E-state index is 0.0349. The molecule has 2 rings (SSSR count). The van der Waals surface area contributed by atoms with E-state index in [-0.39, 0.29) is 15.5 Å². The maximum atomic E-state index is 6.00. The summed E-state index contributed by atoms with van der Waals surface area (Å²) in [5.74, 6) is 0.535. The van der Waals surface area contributed by atoms with Crippen molar-refractivity contribution in [2.75, 3.05) is 5.73 Å². The standard InChI is InChI=1S/C9H7Cl3N4/c1-16-3-2-4(8(16)13)6-5(10)7(11)15-9(12)14-6/h2-3H,13H2,1H3. The zero-order valence-corrected chi connectivity index (χ0v) is 10.5. The Morgan fingerprint density at radius 3 is 2.50 bits per heavy atom. The third-order valence-corrected chi connectivity index (χ3v) is 3.06. The second kappa shape index (κ2) is 4.13. The molecule has 2 aromatic heterocycles. The number of aryl methyl sites for hydroxylation is 1. The van der Waals surface area contributed by atoms with Gasteiger partial charge in [0.1, 0.15) is 10.8 Å². The van der Waals surface area contributed by atoms with E-state index in [1.165, 1.54) is 0 Å². The van der Waals surface area contributed by atoms with Crippen LogP contribution in [-0.2, 0) is 7.05 Å². The van der Waals surface area contributed by atoms with Crippen LogP contribution in [-0.4, -0.2) is 14.5 Å². The van der Waals surface area contributed by atoms with E-state index in [2.05, 4.69) is 9.97 Å². The lowest BCUT2D eigenvalue weighted by molar-refractivity contribution is 0.941. The first-order valence-electron chi connectivity index (χ1n) is 4.30. The van der Waals surface area contributed by atoms with E-state index in [4.69, 9.17) is 40.5 Å². The fourth-order valence-electron chi connectivity index (χ4n) is 1.31. The molecule has 0 spiro atoms. The molecule has 0 aromatic carbocycles. The SMILES string of the molecule is Cn1ccc(-c2nc(Cl)nc(Cl)c2Cl)c1N. The molecule has 4 nitrogen and oxygen atoms in total. The molecule has 2 heterocycles. The lowest BCUT2D eigenvalue weighted by Gasteiger charge is -2.05. The number of hydrogen-bond acceptors (Lipinski definition) is 3. The summed E-state index contributed by atoms with van der Waals surface area (Å²) in [6.45, 7) is 0. The van der Waals surface area contributed by atoms with E-state index < -0.39 is 0 Å². The van der Waals surface area contributed by atoms with Crippen LogP contribution < -0.4 is 5.73 Å². The maximum Gasteiger partial charge on any atom is 0.224 e. The highest BCUT2D eigenvalue weighted by Crippen LogP contribution is 2.34. The van der Waals surface area contributed by atoms with Crippen LogP contribution >= 0.6 is 34.8 Å². The Labute approximate surface area is 107 Å². The molecule has 0 atom stereocenters. The van der Waals surface area contributed by atoms with Crippen molar-refractivity contribution in [2.45, 2.75) is 0 Å². The van der Waals surface area contributed by atoms with Crippen molar-refractivity contribution in [1.82, 2.24) is 14.5 Å². The van der Waals surface area contributed by atoms with Gasteiger partial charge < -0.3 is 10.3 Å². The lowest BCUT2D eigenvalue weighted by Crippen LogP contribution is -1.98. The molecule has 0 unspecified atom stereocenters. The van der Waals surface area contributed by atoms with Crippen LogP contribution in [0.15, 0.2) is 12.3 Å². The fraction of sp³-hybridized carbons (Fsp3) is 0.111. The zero-order chi connectivity index (χ0) is 11.9. The van der Waals surface area contributed by atoms with Gasteiger partial charge in [-0.15, -0.1) is 0 Å². The first-order chi connectivity index (χ1) is 7.50. The second-order valence-corrected chi connectivity index (χ2v) is 4.25. The summed E-state index contributed by atoms with van der Waals surface area (Å²) < 4.78 is 1.75. The summed E-state index contributed by atoms with van der Waals surface area (Å²) >= 11 is 17.5. The molecule has 0 aliphatic rings. The topological polar surface area (TPSA) is 56.7 Å². The lowest BCUT2D eigenvalue weighted by atomic mass is 10.2. The molecule has 0 saturated carbocycles. The van der Waals surface area contributed by atoms with Crippen molar-refractivity contribution in [3.05, 3.63) is 27.7 Å². The van der Waals surface area contributed by atoms with Crippen molar-refractivity contribution in [3.8, 4) is 11.3 Å². The highest BCUT2D eigenvalue weighted by Gasteiger charge is 2.15. The zero-order valence-electron chi connectivity index (χ0n) is 8.21. The van der Waals surface area contributed by atoms with E-state index in [1.807, 2.05) is 7.05 Å². The number of halogens is 3. The average molecular weight is 278 g/mol. The number of nitrogens with two attached hydrogens (primary N) is 1. The summed E-state index contributed by atoms with van der Waals surface area (Å²) in [6, 6.07) is 1.79. The van der Waals surface area contributed by atoms with Crippen LogP contribution in [0.2, 0.25) is 15.5 Å². The average Bonchev–Trinajstić information content (AvgIpc) is 2.54. The van der Waals surface area contributed by atoms with Crippen molar-refractivity contribution < 1.29 is 0 Å². The summed E-state index contributed by atoms with van der Waals surface area (Å²) in [7, 11) is 1.82. The van der Waals surface area contributed by atoms with Crippen LogP contribution in [0.5, 0.6) is 0 Å². The highest BCUT2D eigenvalue weighted by molar-refractivity contribution is 6.43. The molecule has 0 saturated heterocycles. The molecule has 0 radical (unpaired) electrons. The van der Waals surface area contributed by atoms with E-state index in [9.17, 15) is 0 Å². The molecule has 0 aliphatic carbocycles. The van der Waals surface area contributed by atoms with Gasteiger partial charge in [0.15, 0.2) is 5.15 Å². The van der Waals surface area contributed by atoms with Gasteiger partial charge in [0.2, 0.25) is 5.28 Å². The number of aromatic nitrogens is 3. The normalized spacial score (nSPS) is 10.8. The summed E-state index contributed by atoms with van der Waals surface area (Å²) in [4.78, 5) is 7.76. The number of rotatable bonds is 1. The molecule has 2 aromatic rings. The minimum absolute atomic E-state index is 0.0349. The van der Waals surface area contributed by atoms with Gasteiger partial charge in [-0.05, 0) is 17.7 Å². The third kappa shape index (κ3) is 1.84. The maximum absolute atomic E-state index is 6.00. The molecule has 2 N–H and O–H groups in total. The van der Waals surface area contributed by atoms with E-state index in [0.29, 0.717) is 17.1 Å². The van der Waals surface area contributed by atoms with Gasteiger partial charge in [0.25, 0.3) is 0 Å². The fourth-order valence-corrected chi connectivity index (χ4v) is 1.88. The monoisotopic (exact) mass is 276 g/mol. The summed E-state index contributed by atoms with van der Waals surface area (Å²) in [5.41, 5.74) is 6.98. The Balaban J connectivity index is 2.69. The Kier molecular flexibility index (Phi) is 2.97. The second-order valence-electron chi connectivity index (χ2n) is 3.17. The first-order valence-corrected chi connectivity index (χ1v) is 5.43. The quantitative estimate of drug-likeness (QED) is 0.644. The highest BCUT2D eigenvalue weighted by atomic mass is 35.5. The summed E-state index contributed by atoms with van der Waals surface area (Å²) in [6.07, 6.45) is 1.80. The van der Waals surface area contributed by atoms with E-state index in [1.54, 1.807) is 16.8 Å². The van der Waals surface area contributed by atoms with Gasteiger partial charge in [-0.2, -0.15) is 0 Å². The molecule has 0 bridgehead atoms. The molecule has 84 valence electrons. The predicted octanol–water partition coefficient (Wildman–Crippen LogP) is 3.02. The number of nitrogen functional groups attached to an aromatic ring is 1. The molecular weight excluding hydrogens is 270 g/mol. The van der Waals surface area contributed by atoms with Crippen LogP contribution in [0.4, 0.5) is 5.82 Å². The Morgan fingerprint density at radius 2 is 1.94 bits per heavy atom. The summed E-state index contributed by atoms with van der Waals surface area (Å²) in [5, 5.41) is 0.386. The largest absolute Gasteiger partial charge is 0.385 e. The number of anilines is 1. The van der Waals surface area contributed by atoms with Gasteiger partial charge in [0.05, 0.1) is 5.69 Å². The van der Waals surface area contributed by atoms with Gasteiger partial charge in [-0.1, -0.05) is 23.2 Å². The van der Waals surface area contributed by atoms with Crippen molar-refractivity contribution in [1.29, 1.82) is 0 Å². The molecule has 0 fully saturated rings. The molecule has 7 heteroatoms. The van der Waals surface area contributed by atoms with Crippen molar-refractivity contribution >= 4 is 40.6 Å². The minimum Gasteiger partial charge on any atom is -0.385 e. The van der Waals surface area contributed by atoms with Crippen molar-refractivity contribution in [3.63, 3.8) is 0 Å². The van der Waals surface area contributed by atoms with Gasteiger partial charge in [0, 0.05) is 18.8 Å². The van der Waals surface area contributed by atoms with Gasteiger partial charge in [-0.3, -0.25) is 0 Å². The Bertz CT molecular complexity index is 550. The molecular formula is C9H7Cl3N4. The number of hydrogen-bond donors (Lipinski definition) is 1. The predicted molar refractivity (Wildman–Crippen MR) is 65.9 cm³/mol. The molecule has 0 amide bonds. The third-order valence-electron chi connectivity index (χ3n) is 2.16. The van der Waals surface area contributed by atoms with Gasteiger partial charge in [-0.25, -0.2) is 9.97 Å². The number of nitrogens with zero attached hydrogens (tertiary/aromatic N) is 3. The first kappa shape index (κ1) is 11.5. The Hall–Kier alpha value is -0.970. The van der Waals surface area contributed by atoms with Crippen molar-refractivity contribution in [2.24, 2.45) is 7.05 Å². The molecule has 0 aliphatic heterocycles. The smallest absolute Gasteiger partial charge is 0.224 e. The van der Waals surface area contributed by atoms with Crippen LogP contribution in [0.1, 0.15) is 0 Å². The van der Waals surface area contributed by atoms with Gasteiger partial charge >= 0.3 is 0 Å². The Morgan fingerprint density at radius 1 is 1.25 bits per heavy atom. The van der Waals surface area contributed by atoms with Crippen LogP contribution in [0, 0.1) is 0 Å². The van der Waals surface area contributed by atoms with Crippen LogP contribution in [0.25, 0.3) is 11.3 Å². The molecule has 16 heavy (non-hydrogen) atoms. The van der Waals surface area contributed by atoms with Crippen LogP contribution in [0.3, 0.4) is 0 Å². The van der Waals surface area contributed by atoms with E-state index >= 15 is 0 Å².